The molecule has 6 nitrogen and oxygen atoms in total. The molecule has 0 amide bonds. The second kappa shape index (κ2) is 6.94. The van der Waals surface area contributed by atoms with E-state index in [1.807, 2.05) is 48.5 Å². The summed E-state index contributed by atoms with van der Waals surface area (Å²) in [6, 6.07) is 21.7. The number of nitrogens with two attached hydrogens (primary N) is 1. The Bertz CT molecular complexity index is 1250. The molecule has 0 saturated heterocycles. The van der Waals surface area contributed by atoms with Crippen molar-refractivity contribution >= 4 is 37.9 Å². The summed E-state index contributed by atoms with van der Waals surface area (Å²) < 4.78 is 23.4. The molecular formula is C21H18N4O2S. The fourth-order valence-electron chi connectivity index (χ4n) is 2.86. The maximum absolute atomic E-state index is 11.7. The number of hydrogen-bond donors (Lipinski definition) is 2. The molecule has 1 aromatic heterocycles. The topological polar surface area (TPSA) is 98.0 Å². The van der Waals surface area contributed by atoms with E-state index in [4.69, 9.17) is 5.73 Å². The Morgan fingerprint density at radius 1 is 0.857 bits per heavy atom. The zero-order chi connectivity index (χ0) is 19.7. The van der Waals surface area contributed by atoms with Gasteiger partial charge in [-0.05, 0) is 60.7 Å². The molecule has 0 aliphatic rings. The Hall–Kier alpha value is -3.45. The van der Waals surface area contributed by atoms with Crippen LogP contribution in [0.4, 0.5) is 17.2 Å². The number of nitrogens with one attached hydrogen (secondary N) is 1. The third-order valence-electron chi connectivity index (χ3n) is 4.32. The van der Waals surface area contributed by atoms with Crippen molar-refractivity contribution in [2.75, 3.05) is 17.3 Å². The number of aromatic nitrogens is 2. The van der Waals surface area contributed by atoms with Crippen LogP contribution in [0.1, 0.15) is 0 Å². The van der Waals surface area contributed by atoms with Gasteiger partial charge in [0, 0.05) is 28.6 Å². The van der Waals surface area contributed by atoms with Crippen molar-refractivity contribution in [2.24, 2.45) is 0 Å². The minimum Gasteiger partial charge on any atom is -0.399 e. The number of rotatable bonds is 4. The number of para-hydroxylation sites is 1. The molecule has 0 radical (unpaired) electrons. The van der Waals surface area contributed by atoms with E-state index >= 15 is 0 Å². The molecule has 140 valence electrons. The van der Waals surface area contributed by atoms with Crippen LogP contribution in [0, 0.1) is 0 Å². The SMILES string of the molecule is CS(=O)(=O)c1ccc(-c2nc(Nc3ccc(N)cc3)c3ccccc3n2)cc1. The molecule has 28 heavy (non-hydrogen) atoms. The van der Waals surface area contributed by atoms with E-state index in [1.165, 1.54) is 6.26 Å². The molecular weight excluding hydrogens is 372 g/mol. The highest BCUT2D eigenvalue weighted by atomic mass is 32.2. The van der Waals surface area contributed by atoms with Crippen LogP contribution in [0.5, 0.6) is 0 Å². The molecule has 0 saturated carbocycles. The number of nitrogen functional groups attached to an aromatic ring is 1. The van der Waals surface area contributed by atoms with Crippen molar-refractivity contribution in [3.8, 4) is 11.4 Å². The van der Waals surface area contributed by atoms with Crippen LogP contribution < -0.4 is 11.1 Å². The van der Waals surface area contributed by atoms with Gasteiger partial charge >= 0.3 is 0 Å². The van der Waals surface area contributed by atoms with Crippen molar-refractivity contribution in [2.45, 2.75) is 4.90 Å². The molecule has 7 heteroatoms. The van der Waals surface area contributed by atoms with Crippen molar-refractivity contribution in [1.29, 1.82) is 0 Å². The molecule has 0 atom stereocenters. The summed E-state index contributed by atoms with van der Waals surface area (Å²) in [6.07, 6.45) is 1.18. The van der Waals surface area contributed by atoms with E-state index in [0.717, 1.165) is 22.2 Å². The van der Waals surface area contributed by atoms with Gasteiger partial charge in [0.1, 0.15) is 5.82 Å². The quantitative estimate of drug-likeness (QED) is 0.511. The number of sulfone groups is 1. The molecule has 0 aliphatic heterocycles. The first-order valence-electron chi connectivity index (χ1n) is 8.60. The summed E-state index contributed by atoms with van der Waals surface area (Å²) in [5, 5.41) is 4.20. The average molecular weight is 390 g/mol. The number of anilines is 3. The molecule has 3 N–H and O–H groups in total. The normalized spacial score (nSPS) is 11.5. The zero-order valence-corrected chi connectivity index (χ0v) is 15.9. The van der Waals surface area contributed by atoms with E-state index < -0.39 is 9.84 Å². The van der Waals surface area contributed by atoms with Gasteiger partial charge < -0.3 is 11.1 Å². The fourth-order valence-corrected chi connectivity index (χ4v) is 3.49. The first-order chi connectivity index (χ1) is 13.4. The third-order valence-corrected chi connectivity index (χ3v) is 5.45. The minimum absolute atomic E-state index is 0.261. The Kier molecular flexibility index (Phi) is 4.44. The highest BCUT2D eigenvalue weighted by Crippen LogP contribution is 2.28. The monoisotopic (exact) mass is 390 g/mol. The first kappa shape index (κ1) is 17.9. The number of nitrogens with zero attached hydrogens (tertiary/aromatic N) is 2. The highest BCUT2D eigenvalue weighted by Gasteiger charge is 2.12. The lowest BCUT2D eigenvalue weighted by Crippen LogP contribution is -2.00. The van der Waals surface area contributed by atoms with Crippen molar-refractivity contribution < 1.29 is 8.42 Å². The molecule has 1 heterocycles. The first-order valence-corrected chi connectivity index (χ1v) is 10.5. The summed E-state index contributed by atoms with van der Waals surface area (Å²) in [5.41, 5.74) is 8.82. The lowest BCUT2D eigenvalue weighted by atomic mass is 10.1. The van der Waals surface area contributed by atoms with E-state index in [2.05, 4.69) is 15.3 Å². The third kappa shape index (κ3) is 3.65. The van der Waals surface area contributed by atoms with Gasteiger partial charge in [0.05, 0.1) is 10.4 Å². The standard InChI is InChI=1S/C21H18N4O2S/c1-28(26,27)17-12-6-14(7-13-17)20-24-19-5-3-2-4-18(19)21(25-20)23-16-10-8-15(22)9-11-16/h2-13H,22H2,1H3,(H,23,24,25). The van der Waals surface area contributed by atoms with Gasteiger partial charge in [-0.15, -0.1) is 0 Å². The van der Waals surface area contributed by atoms with Crippen LogP contribution in [0.3, 0.4) is 0 Å². The van der Waals surface area contributed by atoms with E-state index in [9.17, 15) is 8.42 Å². The molecule has 0 spiro atoms. The second-order valence-corrected chi connectivity index (χ2v) is 8.47. The van der Waals surface area contributed by atoms with Crippen molar-refractivity contribution in [3.63, 3.8) is 0 Å². The smallest absolute Gasteiger partial charge is 0.175 e. The molecule has 4 rings (SSSR count). The van der Waals surface area contributed by atoms with E-state index in [0.29, 0.717) is 17.3 Å². The van der Waals surface area contributed by atoms with Gasteiger partial charge in [-0.3, -0.25) is 0 Å². The Balaban J connectivity index is 1.80. The number of hydrogen-bond acceptors (Lipinski definition) is 6. The van der Waals surface area contributed by atoms with Crippen LogP contribution in [0.15, 0.2) is 77.7 Å². The fraction of sp³-hybridized carbons (Fsp3) is 0.0476. The minimum atomic E-state index is -3.25. The van der Waals surface area contributed by atoms with Crippen molar-refractivity contribution in [1.82, 2.24) is 9.97 Å². The van der Waals surface area contributed by atoms with Gasteiger partial charge in [0.15, 0.2) is 15.7 Å². The summed E-state index contributed by atoms with van der Waals surface area (Å²) in [6.45, 7) is 0. The van der Waals surface area contributed by atoms with Crippen molar-refractivity contribution in [3.05, 3.63) is 72.8 Å². The predicted octanol–water partition coefficient (Wildman–Crippen LogP) is 4.03. The van der Waals surface area contributed by atoms with Crippen LogP contribution in [-0.4, -0.2) is 24.6 Å². The summed E-state index contributed by atoms with van der Waals surface area (Å²) >= 11 is 0. The molecule has 4 aromatic rings. The molecule has 0 fully saturated rings. The lowest BCUT2D eigenvalue weighted by molar-refractivity contribution is 0.602. The summed E-state index contributed by atoms with van der Waals surface area (Å²) in [4.78, 5) is 9.57. The van der Waals surface area contributed by atoms with E-state index in [1.54, 1.807) is 24.3 Å². The largest absolute Gasteiger partial charge is 0.399 e. The summed E-state index contributed by atoms with van der Waals surface area (Å²) in [7, 11) is -3.25. The Morgan fingerprint density at radius 2 is 1.54 bits per heavy atom. The molecule has 3 aromatic carbocycles. The van der Waals surface area contributed by atoms with Crippen LogP contribution in [-0.2, 0) is 9.84 Å². The van der Waals surface area contributed by atoms with Crippen LogP contribution >= 0.6 is 0 Å². The van der Waals surface area contributed by atoms with Gasteiger partial charge in [-0.1, -0.05) is 12.1 Å². The van der Waals surface area contributed by atoms with E-state index in [-0.39, 0.29) is 4.90 Å². The maximum Gasteiger partial charge on any atom is 0.175 e. The highest BCUT2D eigenvalue weighted by molar-refractivity contribution is 7.90. The van der Waals surface area contributed by atoms with Gasteiger partial charge in [-0.25, -0.2) is 18.4 Å². The molecule has 0 unspecified atom stereocenters. The van der Waals surface area contributed by atoms with Gasteiger partial charge in [0.25, 0.3) is 0 Å². The summed E-state index contributed by atoms with van der Waals surface area (Å²) in [5.74, 6) is 1.18. The number of benzene rings is 3. The van der Waals surface area contributed by atoms with Gasteiger partial charge in [0.2, 0.25) is 0 Å². The maximum atomic E-state index is 11.7. The lowest BCUT2D eigenvalue weighted by Gasteiger charge is -2.11. The second-order valence-electron chi connectivity index (χ2n) is 6.46. The zero-order valence-electron chi connectivity index (χ0n) is 15.1. The Labute approximate surface area is 163 Å². The molecule has 0 bridgehead atoms. The van der Waals surface area contributed by atoms with Gasteiger partial charge in [-0.2, -0.15) is 0 Å². The Morgan fingerprint density at radius 3 is 2.21 bits per heavy atom. The van der Waals surface area contributed by atoms with Crippen LogP contribution in [0.25, 0.3) is 22.3 Å². The predicted molar refractivity (Wildman–Crippen MR) is 112 cm³/mol. The number of fused-ring (bicyclic) bond motifs is 1. The van der Waals surface area contributed by atoms with Crippen LogP contribution in [0.2, 0.25) is 0 Å². The average Bonchev–Trinajstić information content (AvgIpc) is 2.69. The molecule has 0 aliphatic carbocycles.